The second-order valence-electron chi connectivity index (χ2n) is 2.16. The van der Waals surface area contributed by atoms with Gasteiger partial charge in [0.1, 0.15) is 5.75 Å². The fraction of sp³-hybridized carbons (Fsp3) is 0.400. The van der Waals surface area contributed by atoms with E-state index in [2.05, 4.69) is 19.6 Å². The Hall–Kier alpha value is -0.630. The molecule has 0 aliphatic carbocycles. The average molecular weight is 184 g/mol. The van der Waals surface area contributed by atoms with Crippen molar-refractivity contribution in [2.45, 2.75) is 13.3 Å². The van der Waals surface area contributed by atoms with E-state index in [1.165, 1.54) is 0 Å². The third kappa shape index (κ3) is 5.08. The predicted molar refractivity (Wildman–Crippen MR) is 57.1 cm³/mol. The number of rotatable bonds is 3. The van der Waals surface area contributed by atoms with Gasteiger partial charge in [0, 0.05) is 0 Å². The molecule has 1 aromatic rings. The summed E-state index contributed by atoms with van der Waals surface area (Å²) in [6.07, 6.45) is 2.76. The largest absolute Gasteiger partial charge is 0.494 e. The van der Waals surface area contributed by atoms with Gasteiger partial charge in [0.2, 0.25) is 0 Å². The first-order valence-corrected chi connectivity index (χ1v) is 4.95. The van der Waals surface area contributed by atoms with Gasteiger partial charge in [-0.05, 0) is 24.8 Å². The van der Waals surface area contributed by atoms with Crippen LogP contribution in [0, 0.1) is 0 Å². The van der Waals surface area contributed by atoms with Gasteiger partial charge in [0.05, 0.1) is 6.61 Å². The summed E-state index contributed by atoms with van der Waals surface area (Å²) in [5.74, 6) is 0.962. The van der Waals surface area contributed by atoms with E-state index < -0.39 is 0 Å². The first kappa shape index (κ1) is 11.4. The average Bonchev–Trinajstić information content (AvgIpc) is 2.19. The van der Waals surface area contributed by atoms with Gasteiger partial charge in [-0.1, -0.05) is 25.1 Å². The normalized spacial score (nSPS) is 8.25. The number of para-hydroxylation sites is 1. The smallest absolute Gasteiger partial charge is 0.119 e. The zero-order valence-electron chi connectivity index (χ0n) is 7.66. The van der Waals surface area contributed by atoms with Crippen molar-refractivity contribution in [1.82, 2.24) is 0 Å². The molecule has 12 heavy (non-hydrogen) atoms. The molecular formula is C10H16OS. The lowest BCUT2D eigenvalue weighted by Crippen LogP contribution is -1.93. The molecule has 0 fully saturated rings. The van der Waals surface area contributed by atoms with Gasteiger partial charge in [-0.3, -0.25) is 0 Å². The number of thiol groups is 1. The van der Waals surface area contributed by atoms with E-state index in [4.69, 9.17) is 4.74 Å². The molecule has 0 N–H and O–H groups in total. The second-order valence-corrected chi connectivity index (χ2v) is 2.16. The van der Waals surface area contributed by atoms with Crippen LogP contribution in [-0.4, -0.2) is 12.9 Å². The molecular weight excluding hydrogens is 168 g/mol. The van der Waals surface area contributed by atoms with Crippen LogP contribution in [0.5, 0.6) is 5.75 Å². The molecule has 68 valence electrons. The molecule has 0 saturated carbocycles. The van der Waals surface area contributed by atoms with Crippen molar-refractivity contribution in [3.8, 4) is 5.75 Å². The van der Waals surface area contributed by atoms with Crippen LogP contribution in [0.1, 0.15) is 13.3 Å². The predicted octanol–water partition coefficient (Wildman–Crippen LogP) is 3.02. The third-order valence-electron chi connectivity index (χ3n) is 1.22. The molecule has 0 atom stereocenters. The fourth-order valence-electron chi connectivity index (χ4n) is 0.737. The van der Waals surface area contributed by atoms with Gasteiger partial charge in [0.15, 0.2) is 0 Å². The van der Waals surface area contributed by atoms with Crippen molar-refractivity contribution in [3.05, 3.63) is 30.3 Å². The van der Waals surface area contributed by atoms with Crippen LogP contribution in [0.2, 0.25) is 0 Å². The monoisotopic (exact) mass is 184 g/mol. The maximum atomic E-state index is 5.36. The molecule has 0 saturated heterocycles. The summed E-state index contributed by atoms with van der Waals surface area (Å²) in [5.41, 5.74) is 0. The highest BCUT2D eigenvalue weighted by Gasteiger charge is 1.86. The minimum absolute atomic E-state index is 0.810. The van der Waals surface area contributed by atoms with E-state index in [-0.39, 0.29) is 0 Å². The molecule has 0 radical (unpaired) electrons. The molecule has 0 spiro atoms. The quantitative estimate of drug-likeness (QED) is 0.710. The summed E-state index contributed by atoms with van der Waals surface area (Å²) in [4.78, 5) is 0. The highest BCUT2D eigenvalue weighted by molar-refractivity contribution is 7.79. The molecule has 0 bridgehead atoms. The van der Waals surface area contributed by atoms with Crippen molar-refractivity contribution in [2.24, 2.45) is 0 Å². The molecule has 0 aliphatic heterocycles. The standard InChI is InChI=1S/C9H12O.CH4S/c1-2-8-10-9-6-4-3-5-7-9;1-2/h3-7H,2,8H2,1H3;2H,1H3. The minimum atomic E-state index is 0.810. The zero-order valence-corrected chi connectivity index (χ0v) is 8.55. The highest BCUT2D eigenvalue weighted by Crippen LogP contribution is 2.07. The van der Waals surface area contributed by atoms with Crippen molar-refractivity contribution < 1.29 is 4.74 Å². The first-order valence-electron chi connectivity index (χ1n) is 4.06. The van der Waals surface area contributed by atoms with Gasteiger partial charge < -0.3 is 4.74 Å². The maximum absolute atomic E-state index is 5.36. The molecule has 1 nitrogen and oxygen atoms in total. The van der Waals surface area contributed by atoms with Crippen molar-refractivity contribution in [2.75, 3.05) is 12.9 Å². The van der Waals surface area contributed by atoms with Gasteiger partial charge in [-0.25, -0.2) is 0 Å². The number of benzene rings is 1. The van der Waals surface area contributed by atoms with Crippen LogP contribution in [0.25, 0.3) is 0 Å². The summed E-state index contributed by atoms with van der Waals surface area (Å²) >= 11 is 3.53. The maximum Gasteiger partial charge on any atom is 0.119 e. The molecule has 0 aliphatic rings. The molecule has 0 amide bonds. The highest BCUT2D eigenvalue weighted by atomic mass is 32.1. The molecule has 1 aromatic carbocycles. The lowest BCUT2D eigenvalue weighted by atomic mass is 10.3. The summed E-state index contributed by atoms with van der Waals surface area (Å²) in [7, 11) is 0. The Morgan fingerprint density at radius 1 is 1.17 bits per heavy atom. The summed E-state index contributed by atoms with van der Waals surface area (Å²) < 4.78 is 5.36. The van der Waals surface area contributed by atoms with E-state index in [0.717, 1.165) is 18.8 Å². The SMILES string of the molecule is CCCOc1ccccc1.CS. The minimum Gasteiger partial charge on any atom is -0.494 e. The third-order valence-corrected chi connectivity index (χ3v) is 1.22. The van der Waals surface area contributed by atoms with Gasteiger partial charge in [-0.2, -0.15) is 12.6 Å². The van der Waals surface area contributed by atoms with Crippen LogP contribution in [0.3, 0.4) is 0 Å². The number of hydrogen-bond donors (Lipinski definition) is 1. The Morgan fingerprint density at radius 3 is 2.25 bits per heavy atom. The van der Waals surface area contributed by atoms with E-state index in [1.54, 1.807) is 6.26 Å². The molecule has 1 rings (SSSR count). The topological polar surface area (TPSA) is 9.23 Å². The Morgan fingerprint density at radius 2 is 1.75 bits per heavy atom. The molecule has 0 aromatic heterocycles. The summed E-state index contributed by atoms with van der Waals surface area (Å²) in [6, 6.07) is 9.88. The molecule has 0 heterocycles. The van der Waals surface area contributed by atoms with Crippen molar-refractivity contribution >= 4 is 12.6 Å². The van der Waals surface area contributed by atoms with Crippen LogP contribution in [-0.2, 0) is 0 Å². The van der Waals surface area contributed by atoms with E-state index in [0.29, 0.717) is 0 Å². The Kier molecular flexibility index (Phi) is 8.02. The Labute approximate surface area is 80.2 Å². The lowest BCUT2D eigenvalue weighted by molar-refractivity contribution is 0.317. The lowest BCUT2D eigenvalue weighted by Gasteiger charge is -2.01. The Balaban J connectivity index is 0.000000561. The van der Waals surface area contributed by atoms with Gasteiger partial charge in [-0.15, -0.1) is 0 Å². The fourth-order valence-corrected chi connectivity index (χ4v) is 0.737. The van der Waals surface area contributed by atoms with Gasteiger partial charge >= 0.3 is 0 Å². The van der Waals surface area contributed by atoms with Crippen LogP contribution in [0.4, 0.5) is 0 Å². The number of hydrogen-bond acceptors (Lipinski definition) is 2. The summed E-state index contributed by atoms with van der Waals surface area (Å²) in [5, 5.41) is 0. The van der Waals surface area contributed by atoms with Crippen molar-refractivity contribution in [1.29, 1.82) is 0 Å². The number of ether oxygens (including phenoxy) is 1. The molecule has 2 heteroatoms. The van der Waals surface area contributed by atoms with E-state index >= 15 is 0 Å². The molecule has 0 unspecified atom stereocenters. The van der Waals surface area contributed by atoms with Crippen LogP contribution < -0.4 is 4.74 Å². The second kappa shape index (κ2) is 8.47. The first-order chi connectivity index (χ1) is 5.93. The van der Waals surface area contributed by atoms with E-state index in [9.17, 15) is 0 Å². The summed E-state index contributed by atoms with van der Waals surface area (Å²) in [6.45, 7) is 2.91. The van der Waals surface area contributed by atoms with Crippen LogP contribution in [0.15, 0.2) is 30.3 Å². The van der Waals surface area contributed by atoms with E-state index in [1.807, 2.05) is 30.3 Å². The Bertz CT molecular complexity index is 174. The zero-order chi connectivity index (χ0) is 9.23. The van der Waals surface area contributed by atoms with Gasteiger partial charge in [0.25, 0.3) is 0 Å². The van der Waals surface area contributed by atoms with Crippen molar-refractivity contribution in [3.63, 3.8) is 0 Å². The van der Waals surface area contributed by atoms with Crippen LogP contribution >= 0.6 is 12.6 Å².